The van der Waals surface area contributed by atoms with Gasteiger partial charge in [0, 0.05) is 38.7 Å². The zero-order chi connectivity index (χ0) is 18.1. The van der Waals surface area contributed by atoms with E-state index in [1.165, 1.54) is 30.9 Å². The molecule has 9 nitrogen and oxygen atoms in total. The summed E-state index contributed by atoms with van der Waals surface area (Å²) in [5.74, 6) is -0.343. The van der Waals surface area contributed by atoms with Crippen LogP contribution in [0.1, 0.15) is 17.3 Å². The summed E-state index contributed by atoms with van der Waals surface area (Å²) in [6, 6.07) is 3.10. The number of nitrogens with one attached hydrogen (secondary N) is 1. The number of fused-ring (bicyclic) bond motifs is 1. The Morgan fingerprint density at radius 1 is 1.28 bits per heavy atom. The van der Waals surface area contributed by atoms with Crippen LogP contribution in [0.25, 0.3) is 11.0 Å². The molecule has 0 aliphatic carbocycles. The predicted molar refractivity (Wildman–Crippen MR) is 91.4 cm³/mol. The van der Waals surface area contributed by atoms with Crippen LogP contribution in [-0.4, -0.2) is 35.8 Å². The van der Waals surface area contributed by atoms with Crippen LogP contribution >= 0.6 is 0 Å². The van der Waals surface area contributed by atoms with E-state index in [0.717, 1.165) is 4.57 Å². The molecule has 1 atom stereocenters. The number of hydrogen-bond acceptors (Lipinski definition) is 5. The highest BCUT2D eigenvalue weighted by molar-refractivity contribution is 5.96. The Morgan fingerprint density at radius 2 is 2.04 bits per heavy atom. The van der Waals surface area contributed by atoms with Gasteiger partial charge in [0.25, 0.3) is 11.5 Å². The number of rotatable bonds is 4. The molecule has 0 saturated carbocycles. The smallest absolute Gasteiger partial charge is 0.332 e. The maximum Gasteiger partial charge on any atom is 0.332 e. The molecule has 0 spiro atoms. The van der Waals surface area contributed by atoms with Gasteiger partial charge in [-0.2, -0.15) is 5.10 Å². The minimum Gasteiger partial charge on any atom is -0.348 e. The molecule has 0 bridgehead atoms. The van der Waals surface area contributed by atoms with Gasteiger partial charge < -0.3 is 5.32 Å². The van der Waals surface area contributed by atoms with Crippen molar-refractivity contribution in [1.29, 1.82) is 0 Å². The van der Waals surface area contributed by atoms with Gasteiger partial charge in [-0.15, -0.1) is 0 Å². The third-order valence-electron chi connectivity index (χ3n) is 3.95. The van der Waals surface area contributed by atoms with Crippen molar-refractivity contribution in [2.45, 2.75) is 19.5 Å². The van der Waals surface area contributed by atoms with E-state index in [9.17, 15) is 14.4 Å². The number of aryl methyl sites for hydroxylation is 1. The van der Waals surface area contributed by atoms with Gasteiger partial charge in [0.1, 0.15) is 5.65 Å². The highest BCUT2D eigenvalue weighted by atomic mass is 16.2. The van der Waals surface area contributed by atoms with Crippen molar-refractivity contribution in [3.8, 4) is 0 Å². The first kappa shape index (κ1) is 16.6. The monoisotopic (exact) mass is 342 g/mol. The van der Waals surface area contributed by atoms with Crippen molar-refractivity contribution in [3.05, 3.63) is 57.1 Å². The van der Waals surface area contributed by atoms with Crippen LogP contribution in [-0.2, 0) is 20.6 Å². The van der Waals surface area contributed by atoms with E-state index >= 15 is 0 Å². The Balaban J connectivity index is 1.90. The fourth-order valence-corrected chi connectivity index (χ4v) is 2.63. The standard InChI is InChI=1S/C16H18N6O3/c1-10(9-22-6-4-5-18-22)19-14(23)11-7-12-13(17-8-11)20(2)16(25)21(3)15(12)24/h4-8,10H,9H2,1-3H3,(H,19,23)/t10-/m0/s1. The molecule has 1 amide bonds. The van der Waals surface area contributed by atoms with Gasteiger partial charge in [-0.1, -0.05) is 0 Å². The SMILES string of the molecule is C[C@@H](Cn1cccn1)NC(=O)c1cnc2c(c1)c(=O)n(C)c(=O)n2C. The Morgan fingerprint density at radius 3 is 2.72 bits per heavy atom. The fraction of sp³-hybridized carbons (Fsp3) is 0.312. The minimum atomic E-state index is -0.482. The molecular weight excluding hydrogens is 324 g/mol. The Hall–Kier alpha value is -3.23. The maximum absolute atomic E-state index is 12.4. The molecule has 130 valence electrons. The molecule has 0 fully saturated rings. The summed E-state index contributed by atoms with van der Waals surface area (Å²) < 4.78 is 3.99. The lowest BCUT2D eigenvalue weighted by Crippen LogP contribution is -2.38. The first-order valence-corrected chi connectivity index (χ1v) is 7.72. The highest BCUT2D eigenvalue weighted by Crippen LogP contribution is 2.08. The molecule has 9 heteroatoms. The van der Waals surface area contributed by atoms with Gasteiger partial charge in [0.2, 0.25) is 0 Å². The average molecular weight is 342 g/mol. The molecular formula is C16H18N6O3. The van der Waals surface area contributed by atoms with Crippen molar-refractivity contribution in [2.75, 3.05) is 0 Å². The number of carbonyl (C=O) groups excluding carboxylic acids is 1. The lowest BCUT2D eigenvalue weighted by Gasteiger charge is -2.14. The Bertz CT molecular complexity index is 1050. The second kappa shape index (κ2) is 6.34. The minimum absolute atomic E-state index is 0.161. The number of amides is 1. The van der Waals surface area contributed by atoms with E-state index in [4.69, 9.17) is 0 Å². The fourth-order valence-electron chi connectivity index (χ4n) is 2.63. The molecule has 3 rings (SSSR count). The van der Waals surface area contributed by atoms with Crippen molar-refractivity contribution in [3.63, 3.8) is 0 Å². The first-order valence-electron chi connectivity index (χ1n) is 7.72. The molecule has 3 aromatic rings. The molecule has 0 aliphatic heterocycles. The van der Waals surface area contributed by atoms with E-state index in [1.54, 1.807) is 10.9 Å². The van der Waals surface area contributed by atoms with E-state index in [-0.39, 0.29) is 28.5 Å². The highest BCUT2D eigenvalue weighted by Gasteiger charge is 2.15. The summed E-state index contributed by atoms with van der Waals surface area (Å²) in [6.45, 7) is 2.38. The van der Waals surface area contributed by atoms with Crippen LogP contribution in [0.5, 0.6) is 0 Å². The van der Waals surface area contributed by atoms with Crippen molar-refractivity contribution in [1.82, 2.24) is 29.2 Å². The average Bonchev–Trinajstić information content (AvgIpc) is 3.10. The lowest BCUT2D eigenvalue weighted by molar-refractivity contribution is 0.0936. The Kier molecular flexibility index (Phi) is 4.22. The second-order valence-corrected chi connectivity index (χ2v) is 5.90. The number of pyridine rings is 1. The third-order valence-corrected chi connectivity index (χ3v) is 3.95. The molecule has 1 N–H and O–H groups in total. The van der Waals surface area contributed by atoms with Crippen LogP contribution in [0.15, 0.2) is 40.3 Å². The quantitative estimate of drug-likeness (QED) is 0.698. The number of aromatic nitrogens is 5. The van der Waals surface area contributed by atoms with E-state index in [1.807, 2.05) is 19.2 Å². The van der Waals surface area contributed by atoms with Gasteiger partial charge in [-0.3, -0.25) is 23.4 Å². The van der Waals surface area contributed by atoms with Crippen LogP contribution in [0.3, 0.4) is 0 Å². The molecule has 3 heterocycles. The summed E-state index contributed by atoms with van der Waals surface area (Å²) in [4.78, 5) is 40.7. The van der Waals surface area contributed by atoms with Gasteiger partial charge in [-0.25, -0.2) is 9.78 Å². The second-order valence-electron chi connectivity index (χ2n) is 5.90. The predicted octanol–water partition coefficient (Wildman–Crippen LogP) is -0.353. The van der Waals surface area contributed by atoms with Gasteiger partial charge >= 0.3 is 5.69 Å². The van der Waals surface area contributed by atoms with Crippen LogP contribution in [0.4, 0.5) is 0 Å². The van der Waals surface area contributed by atoms with Gasteiger partial charge in [0.05, 0.1) is 17.5 Å². The summed E-state index contributed by atoms with van der Waals surface area (Å²) in [5, 5.41) is 7.15. The zero-order valence-electron chi connectivity index (χ0n) is 14.1. The van der Waals surface area contributed by atoms with Gasteiger partial charge in [0.15, 0.2) is 0 Å². The molecule has 0 unspecified atom stereocenters. The third kappa shape index (κ3) is 3.08. The first-order chi connectivity index (χ1) is 11.9. The van der Waals surface area contributed by atoms with E-state index < -0.39 is 11.2 Å². The number of hydrogen-bond donors (Lipinski definition) is 1. The molecule has 25 heavy (non-hydrogen) atoms. The van der Waals surface area contributed by atoms with Crippen molar-refractivity contribution < 1.29 is 4.79 Å². The summed E-state index contributed by atoms with van der Waals surface area (Å²) in [6.07, 6.45) is 4.84. The summed E-state index contributed by atoms with van der Waals surface area (Å²) in [5.41, 5.74) is -0.440. The molecule has 0 aliphatic rings. The van der Waals surface area contributed by atoms with Crippen LogP contribution in [0.2, 0.25) is 0 Å². The maximum atomic E-state index is 12.4. The van der Waals surface area contributed by atoms with Gasteiger partial charge in [-0.05, 0) is 19.1 Å². The normalized spacial score (nSPS) is 12.3. The molecule has 3 aromatic heterocycles. The topological polar surface area (TPSA) is 104 Å². The van der Waals surface area contributed by atoms with Crippen molar-refractivity contribution >= 4 is 16.9 Å². The molecule has 0 saturated heterocycles. The largest absolute Gasteiger partial charge is 0.348 e. The van der Waals surface area contributed by atoms with Crippen molar-refractivity contribution in [2.24, 2.45) is 14.1 Å². The summed E-state index contributed by atoms with van der Waals surface area (Å²) in [7, 11) is 2.92. The Labute approximate surface area is 142 Å². The van der Waals surface area contributed by atoms with E-state index in [0.29, 0.717) is 6.54 Å². The zero-order valence-corrected chi connectivity index (χ0v) is 14.1. The summed E-state index contributed by atoms with van der Waals surface area (Å²) >= 11 is 0. The number of nitrogens with zero attached hydrogens (tertiary/aromatic N) is 5. The van der Waals surface area contributed by atoms with Crippen LogP contribution in [0, 0.1) is 0 Å². The number of carbonyl (C=O) groups is 1. The molecule has 0 aromatic carbocycles. The molecule has 0 radical (unpaired) electrons. The lowest BCUT2D eigenvalue weighted by atomic mass is 10.2. The van der Waals surface area contributed by atoms with Crippen LogP contribution < -0.4 is 16.6 Å². The van der Waals surface area contributed by atoms with E-state index in [2.05, 4.69) is 15.4 Å².